The molecule has 0 spiro atoms. The SMILES string of the molecule is CCN(CC)CCOc1ccccc1CNC(=O)c1ccc(OC)cc1. The van der Waals surface area contributed by atoms with Crippen LogP contribution in [0.3, 0.4) is 0 Å². The number of methoxy groups -OCH3 is 1. The first kappa shape index (κ1) is 19.8. The van der Waals surface area contributed by atoms with E-state index in [1.165, 1.54) is 0 Å². The average Bonchev–Trinajstić information content (AvgIpc) is 2.70. The highest BCUT2D eigenvalue weighted by Crippen LogP contribution is 2.18. The molecular formula is C21H28N2O3. The van der Waals surface area contributed by atoms with Gasteiger partial charge in [0, 0.05) is 24.2 Å². The number of ether oxygens (including phenoxy) is 2. The Morgan fingerprint density at radius 1 is 1.04 bits per heavy atom. The van der Waals surface area contributed by atoms with Crippen LogP contribution in [-0.4, -0.2) is 44.2 Å². The van der Waals surface area contributed by atoms with Gasteiger partial charge in [0.1, 0.15) is 18.1 Å². The summed E-state index contributed by atoms with van der Waals surface area (Å²) in [7, 11) is 1.60. The zero-order chi connectivity index (χ0) is 18.8. The molecule has 0 aromatic heterocycles. The van der Waals surface area contributed by atoms with Gasteiger partial charge in [0.2, 0.25) is 0 Å². The molecule has 0 unspecified atom stereocenters. The number of carbonyl (C=O) groups excluding carboxylic acids is 1. The van der Waals surface area contributed by atoms with E-state index in [9.17, 15) is 4.79 Å². The Kier molecular flexibility index (Phi) is 7.96. The smallest absolute Gasteiger partial charge is 0.251 e. The number of likely N-dealkylation sites (N-methyl/N-ethyl adjacent to an activating group) is 1. The Hall–Kier alpha value is -2.53. The number of carbonyl (C=O) groups is 1. The van der Waals surface area contributed by atoms with Crippen molar-refractivity contribution in [3.05, 3.63) is 59.7 Å². The van der Waals surface area contributed by atoms with Crippen molar-refractivity contribution in [2.24, 2.45) is 0 Å². The molecule has 0 aliphatic rings. The zero-order valence-electron chi connectivity index (χ0n) is 15.8. The van der Waals surface area contributed by atoms with E-state index in [4.69, 9.17) is 9.47 Å². The van der Waals surface area contributed by atoms with E-state index in [-0.39, 0.29) is 5.91 Å². The summed E-state index contributed by atoms with van der Waals surface area (Å²) in [5.74, 6) is 1.42. The number of rotatable bonds is 10. The monoisotopic (exact) mass is 356 g/mol. The summed E-state index contributed by atoms with van der Waals surface area (Å²) in [6.07, 6.45) is 0. The molecule has 0 aliphatic carbocycles. The van der Waals surface area contributed by atoms with Crippen LogP contribution in [-0.2, 0) is 6.54 Å². The summed E-state index contributed by atoms with van der Waals surface area (Å²) in [5.41, 5.74) is 1.57. The van der Waals surface area contributed by atoms with Gasteiger partial charge in [-0.3, -0.25) is 4.79 Å². The van der Waals surface area contributed by atoms with Gasteiger partial charge in [-0.1, -0.05) is 32.0 Å². The number of para-hydroxylation sites is 1. The van der Waals surface area contributed by atoms with Crippen LogP contribution in [0.15, 0.2) is 48.5 Å². The predicted octanol–water partition coefficient (Wildman–Crippen LogP) is 3.35. The van der Waals surface area contributed by atoms with Gasteiger partial charge in [-0.25, -0.2) is 0 Å². The Morgan fingerprint density at radius 2 is 1.73 bits per heavy atom. The minimum Gasteiger partial charge on any atom is -0.497 e. The number of hydrogen-bond acceptors (Lipinski definition) is 4. The van der Waals surface area contributed by atoms with Gasteiger partial charge in [0.15, 0.2) is 0 Å². The van der Waals surface area contributed by atoms with Crippen LogP contribution < -0.4 is 14.8 Å². The molecule has 2 aromatic rings. The van der Waals surface area contributed by atoms with Gasteiger partial charge in [-0.05, 0) is 43.4 Å². The van der Waals surface area contributed by atoms with Crippen molar-refractivity contribution in [3.63, 3.8) is 0 Å². The van der Waals surface area contributed by atoms with Crippen molar-refractivity contribution >= 4 is 5.91 Å². The standard InChI is InChI=1S/C21H28N2O3/c1-4-23(5-2)14-15-26-20-9-7-6-8-18(20)16-22-21(24)17-10-12-19(25-3)13-11-17/h6-13H,4-5,14-16H2,1-3H3,(H,22,24). The molecule has 140 valence electrons. The molecule has 5 nitrogen and oxygen atoms in total. The van der Waals surface area contributed by atoms with Gasteiger partial charge in [0.05, 0.1) is 7.11 Å². The molecule has 26 heavy (non-hydrogen) atoms. The lowest BCUT2D eigenvalue weighted by molar-refractivity contribution is 0.0950. The summed E-state index contributed by atoms with van der Waals surface area (Å²) in [6.45, 7) is 8.26. The van der Waals surface area contributed by atoms with Gasteiger partial charge in [-0.15, -0.1) is 0 Å². The normalized spacial score (nSPS) is 10.6. The second-order valence-electron chi connectivity index (χ2n) is 5.89. The lowest BCUT2D eigenvalue weighted by atomic mass is 10.1. The summed E-state index contributed by atoms with van der Waals surface area (Å²) in [4.78, 5) is 14.6. The molecule has 2 aromatic carbocycles. The number of nitrogens with one attached hydrogen (secondary N) is 1. The molecule has 0 atom stereocenters. The third-order valence-electron chi connectivity index (χ3n) is 4.32. The Balaban J connectivity index is 1.91. The van der Waals surface area contributed by atoms with Gasteiger partial charge in [0.25, 0.3) is 5.91 Å². The van der Waals surface area contributed by atoms with E-state index in [1.807, 2.05) is 24.3 Å². The molecule has 1 amide bonds. The topological polar surface area (TPSA) is 50.8 Å². The van der Waals surface area contributed by atoms with E-state index >= 15 is 0 Å². The van der Waals surface area contributed by atoms with Gasteiger partial charge in [-0.2, -0.15) is 0 Å². The third kappa shape index (κ3) is 5.77. The highest BCUT2D eigenvalue weighted by Gasteiger charge is 2.08. The van der Waals surface area contributed by atoms with Crippen molar-refractivity contribution in [2.75, 3.05) is 33.4 Å². The molecule has 0 fully saturated rings. The maximum atomic E-state index is 12.3. The second kappa shape index (κ2) is 10.5. The maximum absolute atomic E-state index is 12.3. The Bertz CT molecular complexity index is 682. The van der Waals surface area contributed by atoms with Crippen molar-refractivity contribution < 1.29 is 14.3 Å². The summed E-state index contributed by atoms with van der Waals surface area (Å²) < 4.78 is 11.0. The van der Waals surface area contributed by atoms with Crippen LogP contribution >= 0.6 is 0 Å². The summed E-state index contributed by atoms with van der Waals surface area (Å²) in [6, 6.07) is 14.9. The van der Waals surface area contributed by atoms with Crippen LogP contribution in [0.5, 0.6) is 11.5 Å². The first-order chi connectivity index (χ1) is 12.7. The molecule has 1 N–H and O–H groups in total. The minimum absolute atomic E-state index is 0.120. The van der Waals surface area contributed by atoms with E-state index in [2.05, 4.69) is 24.1 Å². The Morgan fingerprint density at radius 3 is 2.38 bits per heavy atom. The third-order valence-corrected chi connectivity index (χ3v) is 4.32. The van der Waals surface area contributed by atoms with Crippen molar-refractivity contribution in [1.29, 1.82) is 0 Å². The quantitative estimate of drug-likeness (QED) is 0.709. The van der Waals surface area contributed by atoms with Crippen LogP contribution in [0.2, 0.25) is 0 Å². The van der Waals surface area contributed by atoms with Gasteiger partial charge < -0.3 is 19.7 Å². The summed E-state index contributed by atoms with van der Waals surface area (Å²) >= 11 is 0. The lowest BCUT2D eigenvalue weighted by Crippen LogP contribution is -2.28. The molecular weight excluding hydrogens is 328 g/mol. The first-order valence-corrected chi connectivity index (χ1v) is 9.03. The van der Waals surface area contributed by atoms with Crippen LogP contribution in [0, 0.1) is 0 Å². The number of hydrogen-bond donors (Lipinski definition) is 1. The average molecular weight is 356 g/mol. The fourth-order valence-corrected chi connectivity index (χ4v) is 2.64. The second-order valence-corrected chi connectivity index (χ2v) is 5.89. The molecule has 0 heterocycles. The van der Waals surface area contributed by atoms with Crippen molar-refractivity contribution in [1.82, 2.24) is 10.2 Å². The maximum Gasteiger partial charge on any atom is 0.251 e. The molecule has 0 saturated heterocycles. The first-order valence-electron chi connectivity index (χ1n) is 9.03. The van der Waals surface area contributed by atoms with E-state index in [0.717, 1.165) is 36.7 Å². The highest BCUT2D eigenvalue weighted by molar-refractivity contribution is 5.94. The fraction of sp³-hybridized carbons (Fsp3) is 0.381. The fourth-order valence-electron chi connectivity index (χ4n) is 2.64. The predicted molar refractivity (Wildman–Crippen MR) is 104 cm³/mol. The number of benzene rings is 2. The van der Waals surface area contributed by atoms with Crippen molar-refractivity contribution in [2.45, 2.75) is 20.4 Å². The number of amides is 1. The van der Waals surface area contributed by atoms with E-state index in [1.54, 1.807) is 31.4 Å². The molecule has 0 radical (unpaired) electrons. The molecule has 0 saturated carbocycles. The number of nitrogens with zero attached hydrogens (tertiary/aromatic N) is 1. The molecule has 5 heteroatoms. The summed E-state index contributed by atoms with van der Waals surface area (Å²) in [5, 5.41) is 2.94. The van der Waals surface area contributed by atoms with Crippen LogP contribution in [0.25, 0.3) is 0 Å². The zero-order valence-corrected chi connectivity index (χ0v) is 15.8. The lowest BCUT2D eigenvalue weighted by Gasteiger charge is -2.19. The minimum atomic E-state index is -0.120. The van der Waals surface area contributed by atoms with Crippen molar-refractivity contribution in [3.8, 4) is 11.5 Å². The van der Waals surface area contributed by atoms with E-state index < -0.39 is 0 Å². The largest absolute Gasteiger partial charge is 0.497 e. The van der Waals surface area contributed by atoms with Crippen LogP contribution in [0.4, 0.5) is 0 Å². The van der Waals surface area contributed by atoms with Crippen LogP contribution in [0.1, 0.15) is 29.8 Å². The van der Waals surface area contributed by atoms with Gasteiger partial charge >= 0.3 is 0 Å². The molecule has 2 rings (SSSR count). The van der Waals surface area contributed by atoms with E-state index in [0.29, 0.717) is 18.7 Å². The molecule has 0 aliphatic heterocycles. The molecule has 0 bridgehead atoms. The Labute approximate surface area is 155 Å². The highest BCUT2D eigenvalue weighted by atomic mass is 16.5.